The lowest BCUT2D eigenvalue weighted by atomic mass is 10.2. The Labute approximate surface area is 178 Å². The summed E-state index contributed by atoms with van der Waals surface area (Å²) in [5.41, 5.74) is 0.634. The van der Waals surface area contributed by atoms with E-state index in [-0.39, 0.29) is 22.4 Å². The minimum Gasteiger partial charge on any atom is -0.495 e. The van der Waals surface area contributed by atoms with E-state index in [1.54, 1.807) is 18.2 Å². The topological polar surface area (TPSA) is 93.2 Å². The molecule has 29 heavy (non-hydrogen) atoms. The molecule has 0 saturated heterocycles. The number of carbonyl (C=O) groups is 2. The molecule has 3 aromatic rings. The molecule has 11 heteroatoms. The SMILES string of the molecule is COc1ccc(Cl)cc1NC(=O)CSc1nnc(NC(=O)c2cccc(F)c2)s1. The van der Waals surface area contributed by atoms with Gasteiger partial charge >= 0.3 is 0 Å². The number of amides is 2. The summed E-state index contributed by atoms with van der Waals surface area (Å²) in [4.78, 5) is 24.3. The van der Waals surface area contributed by atoms with Crippen molar-refractivity contribution in [1.82, 2.24) is 10.2 Å². The maximum atomic E-state index is 13.2. The third kappa shape index (κ3) is 5.89. The van der Waals surface area contributed by atoms with E-state index in [9.17, 15) is 14.0 Å². The first-order valence-electron chi connectivity index (χ1n) is 8.11. The summed E-state index contributed by atoms with van der Waals surface area (Å²) in [6, 6.07) is 10.2. The zero-order valence-corrected chi connectivity index (χ0v) is 17.3. The van der Waals surface area contributed by atoms with Gasteiger partial charge in [-0.3, -0.25) is 14.9 Å². The van der Waals surface area contributed by atoms with Crippen molar-refractivity contribution in [2.45, 2.75) is 4.34 Å². The van der Waals surface area contributed by atoms with Crippen LogP contribution >= 0.6 is 34.7 Å². The molecule has 3 rings (SSSR count). The monoisotopic (exact) mass is 452 g/mol. The maximum absolute atomic E-state index is 13.2. The number of halogens is 2. The van der Waals surface area contributed by atoms with Gasteiger partial charge in [0.25, 0.3) is 5.91 Å². The van der Waals surface area contributed by atoms with Crippen LogP contribution in [0.1, 0.15) is 10.4 Å². The molecule has 0 spiro atoms. The molecule has 2 N–H and O–H groups in total. The number of rotatable bonds is 7. The molecule has 0 radical (unpaired) electrons. The van der Waals surface area contributed by atoms with Crippen molar-refractivity contribution in [3.8, 4) is 5.75 Å². The van der Waals surface area contributed by atoms with Gasteiger partial charge in [-0.15, -0.1) is 10.2 Å². The number of carbonyl (C=O) groups excluding carboxylic acids is 2. The number of hydrogen-bond donors (Lipinski definition) is 2. The summed E-state index contributed by atoms with van der Waals surface area (Å²) in [7, 11) is 1.49. The Morgan fingerprint density at radius 3 is 2.79 bits per heavy atom. The standard InChI is InChI=1S/C18H14ClFN4O3S2/c1-27-14-6-5-11(19)8-13(14)21-15(25)9-28-18-24-23-17(29-18)22-16(26)10-3-2-4-12(20)7-10/h2-8H,9H2,1H3,(H,21,25)(H,22,23,26). The molecule has 0 bridgehead atoms. The van der Waals surface area contributed by atoms with E-state index in [2.05, 4.69) is 20.8 Å². The van der Waals surface area contributed by atoms with Crippen molar-refractivity contribution in [3.05, 3.63) is 58.9 Å². The summed E-state index contributed by atoms with van der Waals surface area (Å²) in [5.74, 6) is -0.721. The third-order valence-electron chi connectivity index (χ3n) is 3.48. The fourth-order valence-electron chi connectivity index (χ4n) is 2.21. The van der Waals surface area contributed by atoms with Crippen molar-refractivity contribution in [1.29, 1.82) is 0 Å². The molecule has 0 fully saturated rings. The van der Waals surface area contributed by atoms with Gasteiger partial charge in [-0.1, -0.05) is 40.8 Å². The number of benzene rings is 2. The van der Waals surface area contributed by atoms with E-state index in [1.807, 2.05) is 0 Å². The van der Waals surface area contributed by atoms with E-state index in [1.165, 1.54) is 25.3 Å². The van der Waals surface area contributed by atoms with Gasteiger partial charge in [-0.2, -0.15) is 0 Å². The Morgan fingerprint density at radius 1 is 1.21 bits per heavy atom. The molecular weight excluding hydrogens is 439 g/mol. The second-order valence-electron chi connectivity index (χ2n) is 5.52. The summed E-state index contributed by atoms with van der Waals surface area (Å²) in [6.45, 7) is 0. The highest BCUT2D eigenvalue weighted by molar-refractivity contribution is 8.01. The van der Waals surface area contributed by atoms with Crippen LogP contribution < -0.4 is 15.4 Å². The molecule has 7 nitrogen and oxygen atoms in total. The molecule has 2 amide bonds. The van der Waals surface area contributed by atoms with Gasteiger partial charge < -0.3 is 10.1 Å². The van der Waals surface area contributed by atoms with Gasteiger partial charge in [0.05, 0.1) is 18.6 Å². The Bertz CT molecular complexity index is 1050. The number of hydrogen-bond acceptors (Lipinski definition) is 7. The molecule has 0 aliphatic rings. The van der Waals surface area contributed by atoms with Gasteiger partial charge in [0.1, 0.15) is 11.6 Å². The second-order valence-corrected chi connectivity index (χ2v) is 8.16. The third-order valence-corrected chi connectivity index (χ3v) is 5.68. The van der Waals surface area contributed by atoms with E-state index in [4.69, 9.17) is 16.3 Å². The first kappa shape index (κ1) is 21.0. The molecule has 0 aliphatic carbocycles. The number of anilines is 2. The molecule has 2 aromatic carbocycles. The summed E-state index contributed by atoms with van der Waals surface area (Å²) in [6.07, 6.45) is 0. The van der Waals surface area contributed by atoms with Gasteiger partial charge in [-0.25, -0.2) is 4.39 Å². The van der Waals surface area contributed by atoms with Crippen molar-refractivity contribution in [2.75, 3.05) is 23.5 Å². The highest BCUT2D eigenvalue weighted by atomic mass is 35.5. The minimum atomic E-state index is -0.506. The van der Waals surface area contributed by atoms with Gasteiger partial charge in [0.2, 0.25) is 11.0 Å². The first-order chi connectivity index (χ1) is 13.9. The Hall–Kier alpha value is -2.69. The highest BCUT2D eigenvalue weighted by Crippen LogP contribution is 2.29. The number of aromatic nitrogens is 2. The van der Waals surface area contributed by atoms with Crippen molar-refractivity contribution >= 4 is 57.3 Å². The molecule has 150 valence electrons. The average Bonchev–Trinajstić information content (AvgIpc) is 3.14. The number of nitrogens with zero attached hydrogens (tertiary/aromatic N) is 2. The predicted molar refractivity (Wildman–Crippen MR) is 112 cm³/mol. The average molecular weight is 453 g/mol. The molecule has 0 aliphatic heterocycles. The number of ether oxygens (including phenoxy) is 1. The lowest BCUT2D eigenvalue weighted by Gasteiger charge is -2.09. The van der Waals surface area contributed by atoms with Crippen molar-refractivity contribution in [3.63, 3.8) is 0 Å². The molecule has 0 saturated carbocycles. The summed E-state index contributed by atoms with van der Waals surface area (Å²) in [5, 5.41) is 13.8. The normalized spacial score (nSPS) is 10.4. The molecular formula is C18H14ClFN4O3S2. The zero-order chi connectivity index (χ0) is 20.8. The van der Waals surface area contributed by atoms with E-state index in [0.717, 1.165) is 29.2 Å². The maximum Gasteiger partial charge on any atom is 0.257 e. The second kappa shape index (κ2) is 9.68. The highest BCUT2D eigenvalue weighted by Gasteiger charge is 2.13. The fraction of sp³-hybridized carbons (Fsp3) is 0.111. The minimum absolute atomic E-state index is 0.0716. The van der Waals surface area contributed by atoms with E-state index < -0.39 is 11.7 Å². The van der Waals surface area contributed by atoms with Crippen molar-refractivity contribution < 1.29 is 18.7 Å². The summed E-state index contributed by atoms with van der Waals surface area (Å²) >= 11 is 8.21. The zero-order valence-electron chi connectivity index (χ0n) is 14.9. The molecule has 1 heterocycles. The lowest BCUT2D eigenvalue weighted by molar-refractivity contribution is -0.113. The van der Waals surface area contributed by atoms with Crippen LogP contribution in [0.2, 0.25) is 5.02 Å². The van der Waals surface area contributed by atoms with Crippen LogP contribution in [-0.4, -0.2) is 34.9 Å². The Morgan fingerprint density at radius 2 is 2.03 bits per heavy atom. The van der Waals surface area contributed by atoms with Crippen LogP contribution in [-0.2, 0) is 4.79 Å². The lowest BCUT2D eigenvalue weighted by Crippen LogP contribution is -2.14. The van der Waals surface area contributed by atoms with Gasteiger partial charge in [0.15, 0.2) is 4.34 Å². The summed E-state index contributed by atoms with van der Waals surface area (Å²) < 4.78 is 18.9. The quantitative estimate of drug-likeness (QED) is 0.409. The van der Waals surface area contributed by atoms with Crippen LogP contribution in [0.15, 0.2) is 46.8 Å². The first-order valence-corrected chi connectivity index (χ1v) is 10.3. The number of nitrogens with one attached hydrogen (secondary N) is 2. The van der Waals surface area contributed by atoms with Crippen LogP contribution in [0.4, 0.5) is 15.2 Å². The largest absolute Gasteiger partial charge is 0.495 e. The van der Waals surface area contributed by atoms with Crippen molar-refractivity contribution in [2.24, 2.45) is 0 Å². The number of methoxy groups -OCH3 is 1. The van der Waals surface area contributed by atoms with E-state index >= 15 is 0 Å². The van der Waals surface area contributed by atoms with Crippen LogP contribution in [0.25, 0.3) is 0 Å². The van der Waals surface area contributed by atoms with E-state index in [0.29, 0.717) is 20.8 Å². The Balaban J connectivity index is 1.54. The number of thioether (sulfide) groups is 1. The molecule has 1 aromatic heterocycles. The fourth-order valence-corrected chi connectivity index (χ4v) is 3.93. The molecule has 0 unspecified atom stereocenters. The van der Waals surface area contributed by atoms with Crippen LogP contribution in [0.3, 0.4) is 0 Å². The van der Waals surface area contributed by atoms with Crippen LogP contribution in [0, 0.1) is 5.82 Å². The van der Waals surface area contributed by atoms with Gasteiger partial charge in [-0.05, 0) is 36.4 Å². The van der Waals surface area contributed by atoms with Gasteiger partial charge in [0, 0.05) is 10.6 Å². The smallest absolute Gasteiger partial charge is 0.257 e. The Kier molecular flexibility index (Phi) is 7.02. The van der Waals surface area contributed by atoms with Crippen LogP contribution in [0.5, 0.6) is 5.75 Å². The molecule has 0 atom stereocenters. The predicted octanol–water partition coefficient (Wildman–Crippen LogP) is 4.32.